The molecule has 0 N–H and O–H groups in total. The minimum absolute atomic E-state index is 0.0807. The Bertz CT molecular complexity index is 3300. The Hall–Kier alpha value is -7.22. The van der Waals surface area contributed by atoms with E-state index in [0.717, 1.165) is 71.2 Å². The Morgan fingerprint density at radius 1 is 0.450 bits per heavy atom. The number of anilines is 1. The summed E-state index contributed by atoms with van der Waals surface area (Å²) in [6.45, 7) is 1.85. The summed E-state index contributed by atoms with van der Waals surface area (Å²) in [6.07, 6.45) is -2.08. The zero-order chi connectivity index (χ0) is 59.3. The van der Waals surface area contributed by atoms with E-state index in [9.17, 15) is 106 Å². The molecule has 8 rings (SSSR count). The van der Waals surface area contributed by atoms with Crippen LogP contribution in [0.5, 0.6) is 11.5 Å². The number of esters is 1. The number of carbonyl (C=O) groups is 1. The molecule has 80 heavy (non-hydrogen) atoms. The van der Waals surface area contributed by atoms with Crippen LogP contribution in [0.15, 0.2) is 140 Å². The zero-order valence-corrected chi connectivity index (χ0v) is 39.5. The number of carbonyl (C=O) groups excluding carboxylic acids is 1. The Morgan fingerprint density at radius 3 is 1.35 bits per heavy atom. The molecule has 1 unspecified atom stereocenters. The highest BCUT2D eigenvalue weighted by molar-refractivity contribution is 6.03. The van der Waals surface area contributed by atoms with Crippen molar-refractivity contribution >= 4 is 28.5 Å². The van der Waals surface area contributed by atoms with Crippen LogP contribution in [0.25, 0.3) is 39.1 Å². The third kappa shape index (κ3) is 8.64. The van der Waals surface area contributed by atoms with Crippen molar-refractivity contribution in [3.8, 4) is 33.8 Å². The SMILES string of the molecule is O=C(Oc1ccc(-c2ccc(-c3cc4c(c5ccccc35)C=CC(c3ccccc3)(c3ccc(N5CCCC5)cc3)O4)cc2)cc1)C(F)(F)C(F)(F)C(F)(F)C(F)(F)C(F)(F)C(F)(F)C(F)(F)C(F)(F)C(F)(F)C(F)(F)C(F)(F)F. The van der Waals surface area contributed by atoms with Gasteiger partial charge in [-0.15, -0.1) is 0 Å². The smallest absolute Gasteiger partial charge is 0.460 e. The van der Waals surface area contributed by atoms with Gasteiger partial charge in [-0.2, -0.15) is 101 Å². The number of fused-ring (bicyclic) bond motifs is 3. The van der Waals surface area contributed by atoms with Crippen LogP contribution in [-0.2, 0) is 10.4 Å². The van der Waals surface area contributed by atoms with Crippen molar-refractivity contribution in [3.63, 3.8) is 0 Å². The number of halogens is 23. The highest BCUT2D eigenvalue weighted by Gasteiger charge is 2.99. The van der Waals surface area contributed by atoms with Crippen LogP contribution in [0.1, 0.15) is 29.5 Å². The summed E-state index contributed by atoms with van der Waals surface area (Å²) < 4.78 is 331. The maximum Gasteiger partial charge on any atom is 0.460 e. The molecule has 0 radical (unpaired) electrons. The number of hydrogen-bond acceptors (Lipinski definition) is 4. The Labute approximate surface area is 435 Å². The molecule has 1 fully saturated rings. The zero-order valence-electron chi connectivity index (χ0n) is 39.5. The van der Waals surface area contributed by atoms with Crippen molar-refractivity contribution < 1.29 is 115 Å². The lowest BCUT2D eigenvalue weighted by molar-refractivity contribution is -0.477. The van der Waals surface area contributed by atoms with Crippen LogP contribution in [0.2, 0.25) is 0 Å². The Morgan fingerprint density at radius 2 is 0.863 bits per heavy atom. The molecule has 2 heterocycles. The predicted octanol–water partition coefficient (Wildman–Crippen LogP) is 16.9. The van der Waals surface area contributed by atoms with Gasteiger partial charge < -0.3 is 14.4 Å². The second-order valence-electron chi connectivity index (χ2n) is 18.4. The van der Waals surface area contributed by atoms with Crippen molar-refractivity contribution in [1.29, 1.82) is 0 Å². The summed E-state index contributed by atoms with van der Waals surface area (Å²) in [5.74, 6) is -95.3. The molecule has 0 spiro atoms. The molecule has 1 saturated heterocycles. The number of hydrogen-bond donors (Lipinski definition) is 0. The Kier molecular flexibility index (Phi) is 14.2. The van der Waals surface area contributed by atoms with Gasteiger partial charge in [0.25, 0.3) is 0 Å². The molecule has 428 valence electrons. The number of alkyl halides is 23. The number of benzene rings is 6. The summed E-state index contributed by atoms with van der Waals surface area (Å²) >= 11 is 0. The molecule has 0 bridgehead atoms. The predicted molar refractivity (Wildman–Crippen MR) is 241 cm³/mol. The quantitative estimate of drug-likeness (QED) is 0.0550. The first-order chi connectivity index (χ1) is 36.8. The molecule has 1 atom stereocenters. The summed E-state index contributed by atoms with van der Waals surface area (Å²) in [5, 5.41) is 1.55. The maximum atomic E-state index is 14.7. The van der Waals surface area contributed by atoms with E-state index in [1.165, 1.54) is 12.1 Å². The normalized spacial score (nSPS) is 17.4. The van der Waals surface area contributed by atoms with Gasteiger partial charge in [-0.05, 0) is 88.4 Å². The lowest BCUT2D eigenvalue weighted by Crippen LogP contribution is -2.78. The van der Waals surface area contributed by atoms with Crippen LogP contribution in [0.4, 0.5) is 107 Å². The largest absolute Gasteiger partial charge is 0.473 e. The van der Waals surface area contributed by atoms with Gasteiger partial charge in [-0.25, -0.2) is 4.79 Å². The monoisotopic (exact) mass is 1170 g/mol. The highest BCUT2D eigenvalue weighted by Crippen LogP contribution is 2.67. The van der Waals surface area contributed by atoms with Gasteiger partial charge >= 0.3 is 71.4 Å². The van der Waals surface area contributed by atoms with Gasteiger partial charge in [-0.1, -0.05) is 103 Å². The number of rotatable bonds is 16. The van der Waals surface area contributed by atoms with Crippen LogP contribution in [0.3, 0.4) is 0 Å². The number of ether oxygens (including phenoxy) is 2. The van der Waals surface area contributed by atoms with E-state index in [1.807, 2.05) is 91.0 Å². The average molecular weight is 1170 g/mol. The van der Waals surface area contributed by atoms with E-state index >= 15 is 0 Å². The van der Waals surface area contributed by atoms with Gasteiger partial charge in [0.05, 0.1) is 0 Å². The van der Waals surface area contributed by atoms with E-state index in [1.54, 1.807) is 18.2 Å². The van der Waals surface area contributed by atoms with Gasteiger partial charge in [0, 0.05) is 35.5 Å². The molecule has 6 aromatic rings. The molecular formula is C53H32F23NO3. The van der Waals surface area contributed by atoms with Gasteiger partial charge in [0.15, 0.2) is 5.60 Å². The first-order valence-corrected chi connectivity index (χ1v) is 22.9. The minimum atomic E-state index is -9.56. The summed E-state index contributed by atoms with van der Waals surface area (Å²) in [6, 6.07) is 35.6. The molecule has 6 aromatic carbocycles. The average Bonchev–Trinajstić information content (AvgIpc) is 3.88. The molecule has 27 heteroatoms. The van der Waals surface area contributed by atoms with Crippen molar-refractivity contribution in [3.05, 3.63) is 156 Å². The Balaban J connectivity index is 1.02. The minimum Gasteiger partial charge on any atom is -0.473 e. The van der Waals surface area contributed by atoms with Crippen LogP contribution >= 0.6 is 0 Å². The standard InChI is InChI=1S/C53H32F23NO3/c54-43(55,44(56,57)45(58,59)46(60,61)47(62,63)48(64,65)49(66,67)50(68,69)51(70,71)52(72,73)53(74,75)76)41(78)79-35-22-16-30(17-23-35)29-12-14-31(15-13-29)39-28-40-38(36-10-4-5-11-37(36)39)24-25-42(80-40,32-8-2-1-3-9-32)33-18-20-34(21-19-33)77-26-6-7-27-77/h1-5,8-25,28H,6-7,26-27H2. The molecule has 4 nitrogen and oxygen atoms in total. The number of nitrogens with zero attached hydrogens (tertiary/aromatic N) is 1. The molecule has 0 amide bonds. The van der Waals surface area contributed by atoms with E-state index in [0.29, 0.717) is 29.0 Å². The second kappa shape index (κ2) is 19.2. The third-order valence-electron chi connectivity index (χ3n) is 13.5. The van der Waals surface area contributed by atoms with E-state index in [2.05, 4.69) is 9.64 Å². The fourth-order valence-electron chi connectivity index (χ4n) is 8.95. The molecule has 0 saturated carbocycles. The lowest BCUT2D eigenvalue weighted by atomic mass is 9.82. The topological polar surface area (TPSA) is 38.8 Å². The summed E-state index contributed by atoms with van der Waals surface area (Å²) in [5.41, 5.74) is 3.95. The molecule has 0 aliphatic carbocycles. The molecule has 0 aromatic heterocycles. The van der Waals surface area contributed by atoms with E-state index in [4.69, 9.17) is 4.74 Å². The third-order valence-corrected chi connectivity index (χ3v) is 13.5. The van der Waals surface area contributed by atoms with Crippen molar-refractivity contribution in [2.24, 2.45) is 0 Å². The van der Waals surface area contributed by atoms with Gasteiger partial charge in [0.2, 0.25) is 0 Å². The first kappa shape index (κ1) is 58.9. The highest BCUT2D eigenvalue weighted by atomic mass is 19.4. The summed E-state index contributed by atoms with van der Waals surface area (Å²) in [7, 11) is 0. The maximum absolute atomic E-state index is 14.7. The first-order valence-electron chi connectivity index (χ1n) is 22.9. The second-order valence-corrected chi connectivity index (χ2v) is 18.4. The fourth-order valence-corrected chi connectivity index (χ4v) is 8.95. The molecule has 2 aliphatic heterocycles. The van der Waals surface area contributed by atoms with Crippen molar-refractivity contribution in [2.45, 2.75) is 83.8 Å². The summed E-state index contributed by atoms with van der Waals surface area (Å²) in [4.78, 5) is 14.5. The molecular weight excluding hydrogens is 1140 g/mol. The van der Waals surface area contributed by atoms with Crippen LogP contribution < -0.4 is 14.4 Å². The molecule has 2 aliphatic rings. The van der Waals surface area contributed by atoms with E-state index < -0.39 is 82.7 Å². The van der Waals surface area contributed by atoms with Crippen molar-refractivity contribution in [1.82, 2.24) is 0 Å². The lowest BCUT2D eigenvalue weighted by Gasteiger charge is -2.44. The van der Waals surface area contributed by atoms with Crippen LogP contribution in [0, 0.1) is 0 Å². The van der Waals surface area contributed by atoms with Gasteiger partial charge in [0.1, 0.15) is 11.5 Å². The van der Waals surface area contributed by atoms with Crippen molar-refractivity contribution in [2.75, 3.05) is 18.0 Å². The van der Waals surface area contributed by atoms with Gasteiger partial charge in [-0.3, -0.25) is 0 Å². The fraction of sp³-hybridized carbons (Fsp3) is 0.302. The van der Waals surface area contributed by atoms with E-state index in [-0.39, 0.29) is 11.1 Å². The van der Waals surface area contributed by atoms with Crippen LogP contribution in [-0.4, -0.2) is 84.5 Å².